The third-order valence-corrected chi connectivity index (χ3v) is 4.52. The van der Waals surface area contributed by atoms with Crippen LogP contribution < -0.4 is 0 Å². The molecule has 0 spiro atoms. The van der Waals surface area contributed by atoms with E-state index in [1.54, 1.807) is 4.90 Å². The molecule has 1 fully saturated rings. The number of ether oxygens (including phenoxy) is 1. The zero-order valence-corrected chi connectivity index (χ0v) is 14.6. The van der Waals surface area contributed by atoms with Gasteiger partial charge in [0.1, 0.15) is 11.6 Å². The third-order valence-electron chi connectivity index (χ3n) is 3.59. The molecule has 1 N–H and O–H groups in total. The standard InChI is InChI=1S/C16H24N2O4S/c1-16(2,3)22-15(21)18-8-5-7-17(9-10-18)13(14(19)20)12-6-4-11-23-12/h4,6,11,13H,5,7-10H2,1-3H3,(H,19,20)/t13-/m1/s1. The highest BCUT2D eigenvalue weighted by atomic mass is 32.1. The Morgan fingerprint density at radius 1 is 1.26 bits per heavy atom. The maximum Gasteiger partial charge on any atom is 0.410 e. The molecule has 1 aliphatic rings. The highest BCUT2D eigenvalue weighted by Gasteiger charge is 2.31. The van der Waals surface area contributed by atoms with Gasteiger partial charge in [0.2, 0.25) is 0 Å². The van der Waals surface area contributed by atoms with Crippen molar-refractivity contribution in [2.75, 3.05) is 26.2 Å². The summed E-state index contributed by atoms with van der Waals surface area (Å²) in [5.41, 5.74) is -0.524. The molecule has 1 saturated heterocycles. The Hall–Kier alpha value is -1.60. The maximum atomic E-state index is 12.2. The number of carbonyl (C=O) groups excluding carboxylic acids is 1. The predicted molar refractivity (Wildman–Crippen MR) is 88.7 cm³/mol. The lowest BCUT2D eigenvalue weighted by Crippen LogP contribution is -2.40. The molecule has 1 aliphatic heterocycles. The van der Waals surface area contributed by atoms with Gasteiger partial charge in [0.15, 0.2) is 0 Å². The van der Waals surface area contributed by atoms with Crippen LogP contribution in [0.3, 0.4) is 0 Å². The van der Waals surface area contributed by atoms with E-state index in [9.17, 15) is 14.7 Å². The van der Waals surface area contributed by atoms with Crippen LogP contribution >= 0.6 is 11.3 Å². The van der Waals surface area contributed by atoms with Gasteiger partial charge in [-0.25, -0.2) is 4.79 Å². The van der Waals surface area contributed by atoms with Crippen molar-refractivity contribution in [2.45, 2.75) is 38.8 Å². The number of hydrogen-bond acceptors (Lipinski definition) is 5. The molecule has 1 aromatic rings. The molecule has 0 aromatic carbocycles. The Bertz CT molecular complexity index is 539. The molecule has 23 heavy (non-hydrogen) atoms. The van der Waals surface area contributed by atoms with Crippen molar-refractivity contribution in [2.24, 2.45) is 0 Å². The van der Waals surface area contributed by atoms with Crippen LogP contribution in [0.2, 0.25) is 0 Å². The summed E-state index contributed by atoms with van der Waals surface area (Å²) in [5, 5.41) is 11.5. The molecule has 1 amide bonds. The third kappa shape index (κ3) is 4.94. The van der Waals surface area contributed by atoms with E-state index in [0.717, 1.165) is 11.3 Å². The van der Waals surface area contributed by atoms with Crippen molar-refractivity contribution in [3.63, 3.8) is 0 Å². The van der Waals surface area contributed by atoms with Crippen molar-refractivity contribution in [1.82, 2.24) is 9.80 Å². The highest BCUT2D eigenvalue weighted by molar-refractivity contribution is 7.10. The van der Waals surface area contributed by atoms with Gasteiger partial charge in [0, 0.05) is 31.1 Å². The number of rotatable bonds is 3. The lowest BCUT2D eigenvalue weighted by atomic mass is 10.2. The normalized spacial score (nSPS) is 18.3. The summed E-state index contributed by atoms with van der Waals surface area (Å²) in [4.78, 5) is 28.3. The fourth-order valence-corrected chi connectivity index (χ4v) is 3.46. The van der Waals surface area contributed by atoms with E-state index in [1.807, 2.05) is 43.2 Å². The first-order valence-electron chi connectivity index (χ1n) is 7.76. The monoisotopic (exact) mass is 340 g/mol. The van der Waals surface area contributed by atoms with E-state index < -0.39 is 17.6 Å². The average molecular weight is 340 g/mol. The van der Waals surface area contributed by atoms with Gasteiger partial charge in [-0.3, -0.25) is 9.69 Å². The Kier molecular flexibility index (Phi) is 5.64. The number of carboxylic acids is 1. The van der Waals surface area contributed by atoms with Crippen LogP contribution in [-0.4, -0.2) is 58.7 Å². The number of nitrogens with zero attached hydrogens (tertiary/aromatic N) is 2. The summed E-state index contributed by atoms with van der Waals surface area (Å²) in [6, 6.07) is 3.06. The first-order chi connectivity index (χ1) is 10.8. The molecule has 0 unspecified atom stereocenters. The van der Waals surface area contributed by atoms with Crippen LogP contribution in [-0.2, 0) is 9.53 Å². The summed E-state index contributed by atoms with van der Waals surface area (Å²) < 4.78 is 5.40. The Morgan fingerprint density at radius 2 is 2.00 bits per heavy atom. The number of carboxylic acid groups (broad SMARTS) is 1. The number of aliphatic carboxylic acids is 1. The maximum absolute atomic E-state index is 12.2. The van der Waals surface area contributed by atoms with E-state index in [4.69, 9.17) is 4.74 Å². The fraction of sp³-hybridized carbons (Fsp3) is 0.625. The first-order valence-corrected chi connectivity index (χ1v) is 8.64. The second-order valence-electron chi connectivity index (χ2n) is 6.61. The van der Waals surface area contributed by atoms with Crippen LogP contribution in [0, 0.1) is 0 Å². The molecule has 2 rings (SSSR count). The first kappa shape index (κ1) is 17.7. The van der Waals surface area contributed by atoms with E-state index in [0.29, 0.717) is 26.2 Å². The number of hydrogen-bond donors (Lipinski definition) is 1. The molecule has 7 heteroatoms. The molecule has 0 saturated carbocycles. The summed E-state index contributed by atoms with van der Waals surface area (Å²) in [6.45, 7) is 7.75. The van der Waals surface area contributed by atoms with Gasteiger partial charge in [0.25, 0.3) is 0 Å². The zero-order valence-electron chi connectivity index (χ0n) is 13.8. The summed E-state index contributed by atoms with van der Waals surface area (Å²) in [6.07, 6.45) is 0.399. The Morgan fingerprint density at radius 3 is 2.57 bits per heavy atom. The summed E-state index contributed by atoms with van der Waals surface area (Å²) >= 11 is 1.45. The van der Waals surface area contributed by atoms with Crippen molar-refractivity contribution in [3.8, 4) is 0 Å². The second-order valence-corrected chi connectivity index (χ2v) is 7.59. The van der Waals surface area contributed by atoms with Gasteiger partial charge in [0.05, 0.1) is 0 Å². The Balaban J connectivity index is 2.02. The van der Waals surface area contributed by atoms with Crippen LogP contribution in [0.25, 0.3) is 0 Å². The van der Waals surface area contributed by atoms with Crippen molar-refractivity contribution in [3.05, 3.63) is 22.4 Å². The minimum Gasteiger partial charge on any atom is -0.480 e. The lowest BCUT2D eigenvalue weighted by Gasteiger charge is -2.28. The topological polar surface area (TPSA) is 70.1 Å². The van der Waals surface area contributed by atoms with Gasteiger partial charge in [-0.1, -0.05) is 6.07 Å². The van der Waals surface area contributed by atoms with Crippen LogP contribution in [0.4, 0.5) is 4.79 Å². The molecule has 2 heterocycles. The van der Waals surface area contributed by atoms with E-state index >= 15 is 0 Å². The lowest BCUT2D eigenvalue weighted by molar-refractivity contribution is -0.143. The quantitative estimate of drug-likeness (QED) is 0.916. The van der Waals surface area contributed by atoms with Gasteiger partial charge in [-0.05, 0) is 38.6 Å². The molecule has 0 aliphatic carbocycles. The molecule has 0 bridgehead atoms. The van der Waals surface area contributed by atoms with Crippen LogP contribution in [0.5, 0.6) is 0 Å². The fourth-order valence-electron chi connectivity index (χ4n) is 2.61. The molecule has 1 atom stereocenters. The largest absolute Gasteiger partial charge is 0.480 e. The summed E-state index contributed by atoms with van der Waals surface area (Å²) in [5.74, 6) is -0.849. The highest BCUT2D eigenvalue weighted by Crippen LogP contribution is 2.26. The van der Waals surface area contributed by atoms with Gasteiger partial charge in [-0.2, -0.15) is 0 Å². The molecule has 1 aromatic heterocycles. The van der Waals surface area contributed by atoms with Gasteiger partial charge < -0.3 is 14.7 Å². The van der Waals surface area contributed by atoms with Crippen molar-refractivity contribution >= 4 is 23.4 Å². The summed E-state index contributed by atoms with van der Waals surface area (Å²) in [7, 11) is 0. The van der Waals surface area contributed by atoms with Crippen LogP contribution in [0.15, 0.2) is 17.5 Å². The molecular weight excluding hydrogens is 316 g/mol. The van der Waals surface area contributed by atoms with Crippen molar-refractivity contribution < 1.29 is 19.4 Å². The SMILES string of the molecule is CC(C)(C)OC(=O)N1CCCN([C@@H](C(=O)O)c2cccs2)CC1. The Labute approximate surface area is 140 Å². The number of amides is 1. The van der Waals surface area contributed by atoms with Crippen molar-refractivity contribution in [1.29, 1.82) is 0 Å². The van der Waals surface area contributed by atoms with Gasteiger partial charge in [-0.15, -0.1) is 11.3 Å². The molecule has 128 valence electrons. The minimum atomic E-state index is -0.849. The average Bonchev–Trinajstić information content (AvgIpc) is 2.81. The van der Waals surface area contributed by atoms with E-state index in [1.165, 1.54) is 11.3 Å². The number of carbonyl (C=O) groups is 2. The van der Waals surface area contributed by atoms with Crippen LogP contribution in [0.1, 0.15) is 38.1 Å². The second kappa shape index (κ2) is 7.31. The molecular formula is C16H24N2O4S. The molecule has 6 nitrogen and oxygen atoms in total. The zero-order chi connectivity index (χ0) is 17.0. The predicted octanol–water partition coefficient (Wildman–Crippen LogP) is 2.82. The minimum absolute atomic E-state index is 0.331. The van der Waals surface area contributed by atoms with E-state index in [2.05, 4.69) is 0 Å². The van der Waals surface area contributed by atoms with Gasteiger partial charge >= 0.3 is 12.1 Å². The molecule has 0 radical (unpaired) electrons. The smallest absolute Gasteiger partial charge is 0.410 e. The van der Waals surface area contributed by atoms with E-state index in [-0.39, 0.29) is 6.09 Å². The number of thiophene rings is 1.